The van der Waals surface area contributed by atoms with Gasteiger partial charge in [-0.05, 0) is 44.4 Å². The summed E-state index contributed by atoms with van der Waals surface area (Å²) in [4.78, 5) is 40.9. The maximum Gasteiger partial charge on any atom is 0.358 e. The lowest BCUT2D eigenvalue weighted by molar-refractivity contribution is -0.134. The summed E-state index contributed by atoms with van der Waals surface area (Å²) in [6.07, 6.45) is 4.05. The van der Waals surface area contributed by atoms with Crippen LogP contribution in [0.3, 0.4) is 0 Å². The van der Waals surface area contributed by atoms with Gasteiger partial charge in [0.1, 0.15) is 17.0 Å². The number of esters is 1. The Labute approximate surface area is 193 Å². The Bertz CT molecular complexity index is 1040. The first-order valence-electron chi connectivity index (χ1n) is 11.4. The normalized spacial score (nSPS) is 20.5. The number of fused-ring (bicyclic) bond motifs is 1. The monoisotopic (exact) mass is 454 g/mol. The summed E-state index contributed by atoms with van der Waals surface area (Å²) >= 11 is 0. The number of rotatable bonds is 7. The molecule has 1 aliphatic carbocycles. The van der Waals surface area contributed by atoms with E-state index in [0.29, 0.717) is 5.75 Å². The number of hydrogen-bond acceptors (Lipinski definition) is 6. The summed E-state index contributed by atoms with van der Waals surface area (Å²) in [5.41, 5.74) is 0.00950. The molecule has 2 heterocycles. The summed E-state index contributed by atoms with van der Waals surface area (Å²) in [6.45, 7) is 4.05. The van der Waals surface area contributed by atoms with E-state index in [9.17, 15) is 14.4 Å². The van der Waals surface area contributed by atoms with Crippen LogP contribution < -0.4 is 10.1 Å². The molecule has 2 amide bonds. The molecule has 1 saturated carbocycles. The Kier molecular flexibility index (Phi) is 6.40. The Morgan fingerprint density at radius 3 is 2.55 bits per heavy atom. The number of ether oxygens (including phenoxy) is 2. The number of carbonyl (C=O) groups excluding carboxylic acids is 3. The van der Waals surface area contributed by atoms with E-state index in [0.717, 1.165) is 31.2 Å². The fourth-order valence-electron chi connectivity index (χ4n) is 4.52. The standard InChI is InChI=1S/C24H30N4O5/c1-4-33-22(30)19-13-20-21(29)27(14-16-9-11-18(32-3)12-10-16)24(2,15-28(20)26-19)23(31)25-17-7-5-6-8-17/h9-13,17H,4-8,14-15H2,1-3H3,(H,25,31)/t24-/m0/s1. The topological polar surface area (TPSA) is 103 Å². The van der Waals surface area contributed by atoms with Crippen molar-refractivity contribution in [3.8, 4) is 5.75 Å². The lowest BCUT2D eigenvalue weighted by Crippen LogP contribution is -2.64. The second-order valence-corrected chi connectivity index (χ2v) is 8.76. The molecule has 0 saturated heterocycles. The van der Waals surface area contributed by atoms with Gasteiger partial charge in [0, 0.05) is 18.7 Å². The van der Waals surface area contributed by atoms with Gasteiger partial charge in [0.05, 0.1) is 20.3 Å². The highest BCUT2D eigenvalue weighted by atomic mass is 16.5. The van der Waals surface area contributed by atoms with Crippen molar-refractivity contribution >= 4 is 17.8 Å². The molecule has 1 N–H and O–H groups in total. The molecule has 2 aliphatic rings. The van der Waals surface area contributed by atoms with Crippen LogP contribution in [0.4, 0.5) is 0 Å². The van der Waals surface area contributed by atoms with E-state index in [1.807, 2.05) is 24.3 Å². The molecule has 0 spiro atoms. The van der Waals surface area contributed by atoms with Gasteiger partial charge in [-0.1, -0.05) is 25.0 Å². The maximum atomic E-state index is 13.6. The molecule has 0 radical (unpaired) electrons. The lowest BCUT2D eigenvalue weighted by atomic mass is 9.93. The van der Waals surface area contributed by atoms with Gasteiger partial charge in [-0.25, -0.2) is 4.79 Å². The number of amides is 2. The highest BCUT2D eigenvalue weighted by Gasteiger charge is 2.48. The molecule has 1 atom stereocenters. The van der Waals surface area contributed by atoms with Gasteiger partial charge in [-0.2, -0.15) is 5.10 Å². The summed E-state index contributed by atoms with van der Waals surface area (Å²) in [5.74, 6) is -0.451. The van der Waals surface area contributed by atoms with Gasteiger partial charge in [0.15, 0.2) is 5.69 Å². The number of benzene rings is 1. The lowest BCUT2D eigenvalue weighted by Gasteiger charge is -2.43. The van der Waals surface area contributed by atoms with Gasteiger partial charge >= 0.3 is 5.97 Å². The molecule has 0 bridgehead atoms. The first-order chi connectivity index (χ1) is 15.9. The predicted molar refractivity (Wildman–Crippen MR) is 120 cm³/mol. The molecule has 0 unspecified atom stereocenters. The molecule has 9 heteroatoms. The van der Waals surface area contributed by atoms with Gasteiger partial charge in [0.25, 0.3) is 5.91 Å². The molecular weight excluding hydrogens is 424 g/mol. The first-order valence-corrected chi connectivity index (χ1v) is 11.4. The van der Waals surface area contributed by atoms with Crippen LogP contribution in [0.25, 0.3) is 0 Å². The van der Waals surface area contributed by atoms with Crippen molar-refractivity contribution in [1.29, 1.82) is 0 Å². The molecule has 1 fully saturated rings. The predicted octanol–water partition coefficient (Wildman–Crippen LogP) is 2.54. The van der Waals surface area contributed by atoms with Crippen LogP contribution in [0.1, 0.15) is 66.1 Å². The molecule has 9 nitrogen and oxygen atoms in total. The Balaban J connectivity index is 1.68. The molecule has 176 valence electrons. The van der Waals surface area contributed by atoms with E-state index in [-0.39, 0.29) is 48.9 Å². The van der Waals surface area contributed by atoms with Crippen LogP contribution in [0, 0.1) is 0 Å². The highest BCUT2D eigenvalue weighted by molar-refractivity contribution is 6.01. The van der Waals surface area contributed by atoms with E-state index >= 15 is 0 Å². The number of methoxy groups -OCH3 is 1. The van der Waals surface area contributed by atoms with Crippen LogP contribution in [-0.4, -0.2) is 57.8 Å². The van der Waals surface area contributed by atoms with Crippen LogP contribution in [0.5, 0.6) is 5.75 Å². The molecule has 4 rings (SSSR count). The van der Waals surface area contributed by atoms with Crippen molar-refractivity contribution in [2.24, 2.45) is 0 Å². The molecule has 33 heavy (non-hydrogen) atoms. The fraction of sp³-hybridized carbons (Fsp3) is 0.500. The van der Waals surface area contributed by atoms with Gasteiger partial charge in [0.2, 0.25) is 5.91 Å². The van der Waals surface area contributed by atoms with Crippen LogP contribution >= 0.6 is 0 Å². The molecule has 1 aliphatic heterocycles. The van der Waals surface area contributed by atoms with Crippen molar-refractivity contribution in [2.75, 3.05) is 13.7 Å². The summed E-state index contributed by atoms with van der Waals surface area (Å²) in [7, 11) is 1.59. The Morgan fingerprint density at radius 1 is 1.21 bits per heavy atom. The zero-order chi connectivity index (χ0) is 23.6. The van der Waals surface area contributed by atoms with Crippen LogP contribution in [-0.2, 0) is 22.6 Å². The van der Waals surface area contributed by atoms with E-state index in [1.54, 1.807) is 25.9 Å². The number of hydrogen-bond donors (Lipinski definition) is 1. The average molecular weight is 455 g/mol. The fourth-order valence-corrected chi connectivity index (χ4v) is 4.52. The summed E-state index contributed by atoms with van der Waals surface area (Å²) in [5, 5.41) is 7.43. The average Bonchev–Trinajstić information content (AvgIpc) is 3.47. The molecule has 1 aromatic heterocycles. The SMILES string of the molecule is CCOC(=O)c1cc2n(n1)C[C@@](C)(C(=O)NC1CCCC1)N(Cc1ccc(OC)cc1)C2=O. The number of nitrogens with one attached hydrogen (secondary N) is 1. The van der Waals surface area contributed by atoms with Crippen molar-refractivity contribution in [1.82, 2.24) is 20.0 Å². The number of nitrogens with zero attached hydrogens (tertiary/aromatic N) is 3. The van der Waals surface area contributed by atoms with Crippen molar-refractivity contribution < 1.29 is 23.9 Å². The smallest absolute Gasteiger partial charge is 0.358 e. The van der Waals surface area contributed by atoms with Crippen LogP contribution in [0.2, 0.25) is 0 Å². The van der Waals surface area contributed by atoms with Gasteiger partial charge < -0.3 is 19.7 Å². The minimum absolute atomic E-state index is 0.0602. The first kappa shape index (κ1) is 22.8. The minimum Gasteiger partial charge on any atom is -0.497 e. The molecule has 1 aromatic carbocycles. The second-order valence-electron chi connectivity index (χ2n) is 8.76. The third-order valence-corrected chi connectivity index (χ3v) is 6.46. The van der Waals surface area contributed by atoms with E-state index < -0.39 is 11.5 Å². The van der Waals surface area contributed by atoms with Crippen LogP contribution in [0.15, 0.2) is 30.3 Å². The number of carbonyl (C=O) groups is 3. The second kappa shape index (κ2) is 9.25. The van der Waals surface area contributed by atoms with E-state index in [2.05, 4.69) is 10.4 Å². The van der Waals surface area contributed by atoms with E-state index in [1.165, 1.54) is 10.7 Å². The molecular formula is C24H30N4O5. The zero-order valence-corrected chi connectivity index (χ0v) is 19.3. The summed E-state index contributed by atoms with van der Waals surface area (Å²) in [6, 6.07) is 8.94. The minimum atomic E-state index is -1.18. The molecule has 2 aromatic rings. The maximum absolute atomic E-state index is 13.6. The van der Waals surface area contributed by atoms with E-state index in [4.69, 9.17) is 9.47 Å². The van der Waals surface area contributed by atoms with Crippen molar-refractivity contribution in [3.63, 3.8) is 0 Å². The number of aromatic nitrogens is 2. The van der Waals surface area contributed by atoms with Crippen molar-refractivity contribution in [3.05, 3.63) is 47.3 Å². The largest absolute Gasteiger partial charge is 0.497 e. The Morgan fingerprint density at radius 2 is 1.91 bits per heavy atom. The quantitative estimate of drug-likeness (QED) is 0.645. The third kappa shape index (κ3) is 4.44. The zero-order valence-electron chi connectivity index (χ0n) is 19.3. The van der Waals surface area contributed by atoms with Gasteiger partial charge in [-0.3, -0.25) is 14.3 Å². The van der Waals surface area contributed by atoms with Crippen molar-refractivity contribution in [2.45, 2.75) is 64.2 Å². The van der Waals surface area contributed by atoms with Gasteiger partial charge in [-0.15, -0.1) is 0 Å². The highest BCUT2D eigenvalue weighted by Crippen LogP contribution is 2.31. The Hall–Kier alpha value is -3.36. The third-order valence-electron chi connectivity index (χ3n) is 6.46. The summed E-state index contributed by atoms with van der Waals surface area (Å²) < 4.78 is 11.7.